The van der Waals surface area contributed by atoms with Gasteiger partial charge in [-0.1, -0.05) is 0 Å². The molecule has 22 heavy (non-hydrogen) atoms. The van der Waals surface area contributed by atoms with Gasteiger partial charge in [0.2, 0.25) is 0 Å². The van der Waals surface area contributed by atoms with Crippen LogP contribution in [0.1, 0.15) is 5.56 Å². The quantitative estimate of drug-likeness (QED) is 0.358. The summed E-state index contributed by atoms with van der Waals surface area (Å²) in [6.07, 6.45) is 1.56. The Hall–Kier alpha value is -0.820. The Morgan fingerprint density at radius 1 is 1.36 bits per heavy atom. The summed E-state index contributed by atoms with van der Waals surface area (Å²) in [5.41, 5.74) is 0.690. The van der Waals surface area contributed by atoms with Gasteiger partial charge in [-0.3, -0.25) is 19.3 Å². The predicted octanol–water partition coefficient (Wildman–Crippen LogP) is 2.81. The molecule has 0 atom stereocenters. The Kier molecular flexibility index (Phi) is 5.71. The first kappa shape index (κ1) is 17.5. The van der Waals surface area contributed by atoms with Crippen LogP contribution in [0.3, 0.4) is 0 Å². The number of amides is 2. The Balaban J connectivity index is 2.28. The van der Waals surface area contributed by atoms with Crippen LogP contribution < -0.4 is 0 Å². The van der Waals surface area contributed by atoms with Gasteiger partial charge in [0, 0.05) is 0 Å². The normalized spacial score (nSPS) is 16.5. The molecule has 6 nitrogen and oxygen atoms in total. The topological polar surface area (TPSA) is 83.9 Å². The van der Waals surface area contributed by atoms with E-state index in [0.717, 1.165) is 16.7 Å². The van der Waals surface area contributed by atoms with E-state index in [-0.39, 0.29) is 10.7 Å². The maximum atomic E-state index is 12.2. The van der Waals surface area contributed by atoms with Crippen molar-refractivity contribution in [1.82, 2.24) is 4.90 Å². The zero-order valence-electron chi connectivity index (χ0n) is 11.1. The van der Waals surface area contributed by atoms with Crippen LogP contribution >= 0.6 is 56.9 Å². The molecule has 1 saturated heterocycles. The molecule has 1 N–H and O–H groups in total. The number of nitrogens with zero attached hydrogens (tertiary/aromatic N) is 1. The highest BCUT2D eigenvalue weighted by Gasteiger charge is 2.36. The van der Waals surface area contributed by atoms with Crippen LogP contribution in [0.4, 0.5) is 4.79 Å². The number of rotatable bonds is 3. The number of esters is 1. The van der Waals surface area contributed by atoms with E-state index < -0.39 is 23.7 Å². The molecule has 1 aliphatic heterocycles. The van der Waals surface area contributed by atoms with E-state index in [2.05, 4.69) is 4.74 Å². The van der Waals surface area contributed by atoms with Crippen molar-refractivity contribution in [3.63, 3.8) is 0 Å². The molecule has 0 spiro atoms. The van der Waals surface area contributed by atoms with Gasteiger partial charge in [0.1, 0.15) is 12.3 Å². The summed E-state index contributed by atoms with van der Waals surface area (Å²) >= 11 is 4.73. The largest absolute Gasteiger partial charge is 0.506 e. The number of methoxy groups -OCH3 is 1. The first-order valence-electron chi connectivity index (χ1n) is 5.83. The number of aromatic hydroxyl groups is 1. The second-order valence-corrected chi connectivity index (χ2v) is 7.49. The minimum atomic E-state index is -0.655. The van der Waals surface area contributed by atoms with Crippen molar-refractivity contribution in [1.29, 1.82) is 0 Å². The van der Waals surface area contributed by atoms with Gasteiger partial charge in [-0.25, -0.2) is 0 Å². The van der Waals surface area contributed by atoms with Crippen molar-refractivity contribution >= 4 is 80.1 Å². The third-order valence-corrected chi connectivity index (χ3v) is 5.28. The molecule has 1 aliphatic rings. The summed E-state index contributed by atoms with van der Waals surface area (Å²) < 4.78 is 5.75. The number of thioether (sulfide) groups is 1. The molecule has 0 bridgehead atoms. The second-order valence-electron chi connectivity index (χ2n) is 4.18. The third kappa shape index (κ3) is 3.74. The molecule has 1 heterocycles. The number of ether oxygens (including phenoxy) is 1. The molecule has 0 aromatic heterocycles. The number of phenolic OH excluding ortho intramolecular Hbond substituents is 1. The van der Waals surface area contributed by atoms with Crippen molar-refractivity contribution in [2.24, 2.45) is 0 Å². The number of hydrogen-bond acceptors (Lipinski definition) is 6. The molecule has 0 aliphatic carbocycles. The predicted molar refractivity (Wildman–Crippen MR) is 98.2 cm³/mol. The highest BCUT2D eigenvalue weighted by atomic mass is 127. The fourth-order valence-electron chi connectivity index (χ4n) is 1.65. The van der Waals surface area contributed by atoms with E-state index in [1.165, 1.54) is 7.11 Å². The molecule has 0 radical (unpaired) electrons. The van der Waals surface area contributed by atoms with Crippen molar-refractivity contribution in [3.8, 4) is 5.75 Å². The fourth-order valence-corrected chi connectivity index (χ4v) is 4.30. The Morgan fingerprint density at radius 2 is 1.95 bits per heavy atom. The van der Waals surface area contributed by atoms with Crippen molar-refractivity contribution in [3.05, 3.63) is 29.7 Å². The first-order chi connectivity index (χ1) is 10.3. The maximum Gasteiger partial charge on any atom is 0.325 e. The molecule has 9 heteroatoms. The van der Waals surface area contributed by atoms with E-state index in [1.807, 2.05) is 45.2 Å². The van der Waals surface area contributed by atoms with Gasteiger partial charge < -0.3 is 9.84 Å². The standard InChI is InChI=1S/C13H9I2NO5S/c1-21-10(17)5-16-12(19)9(22-13(16)20)4-6-2-7(14)11(18)8(15)3-6/h2-4,18H,5H2,1H3/b9-4-. The zero-order chi connectivity index (χ0) is 16.4. The molecule has 116 valence electrons. The van der Waals surface area contributed by atoms with Crippen molar-refractivity contribution < 1.29 is 24.2 Å². The maximum absolute atomic E-state index is 12.2. The van der Waals surface area contributed by atoms with Crippen LogP contribution in [0.15, 0.2) is 17.0 Å². The Labute approximate surface area is 157 Å². The molecule has 0 saturated carbocycles. The van der Waals surface area contributed by atoms with Crippen LogP contribution in [-0.4, -0.2) is 40.8 Å². The van der Waals surface area contributed by atoms with Gasteiger partial charge in [0.15, 0.2) is 0 Å². The molecule has 1 fully saturated rings. The number of hydrogen-bond donors (Lipinski definition) is 1. The molecular weight excluding hydrogens is 536 g/mol. The van der Waals surface area contributed by atoms with Gasteiger partial charge in [0.25, 0.3) is 11.1 Å². The van der Waals surface area contributed by atoms with Crippen LogP contribution in [0.25, 0.3) is 6.08 Å². The molecule has 0 unspecified atom stereocenters. The van der Waals surface area contributed by atoms with Gasteiger partial charge in [-0.05, 0) is 80.7 Å². The smallest absolute Gasteiger partial charge is 0.325 e. The average molecular weight is 545 g/mol. The Morgan fingerprint density at radius 3 is 2.50 bits per heavy atom. The Bertz CT molecular complexity index is 681. The number of halogens is 2. The summed E-state index contributed by atoms with van der Waals surface area (Å²) in [6, 6.07) is 3.40. The van der Waals surface area contributed by atoms with Gasteiger partial charge >= 0.3 is 5.97 Å². The summed E-state index contributed by atoms with van der Waals surface area (Å²) in [6.45, 7) is -0.400. The van der Waals surface area contributed by atoms with E-state index >= 15 is 0 Å². The first-order valence-corrected chi connectivity index (χ1v) is 8.81. The number of carbonyl (C=O) groups excluding carboxylic acids is 3. The minimum Gasteiger partial charge on any atom is -0.506 e. The van der Waals surface area contributed by atoms with E-state index in [1.54, 1.807) is 18.2 Å². The van der Waals surface area contributed by atoms with Gasteiger partial charge in [-0.2, -0.15) is 0 Å². The van der Waals surface area contributed by atoms with Crippen molar-refractivity contribution in [2.45, 2.75) is 0 Å². The van der Waals surface area contributed by atoms with Crippen LogP contribution in [0, 0.1) is 7.14 Å². The minimum absolute atomic E-state index is 0.178. The van der Waals surface area contributed by atoms with Crippen molar-refractivity contribution in [2.75, 3.05) is 13.7 Å². The summed E-state index contributed by atoms with van der Waals surface area (Å²) in [4.78, 5) is 36.3. The number of imide groups is 1. The molecule has 1 aromatic rings. The van der Waals surface area contributed by atoms with Gasteiger partial charge in [0.05, 0.1) is 19.2 Å². The number of phenols is 1. The summed E-state index contributed by atoms with van der Waals surface area (Å²) in [7, 11) is 1.19. The lowest BCUT2D eigenvalue weighted by atomic mass is 10.2. The van der Waals surface area contributed by atoms with E-state index in [4.69, 9.17) is 0 Å². The van der Waals surface area contributed by atoms with E-state index in [9.17, 15) is 19.5 Å². The summed E-state index contributed by atoms with van der Waals surface area (Å²) in [5, 5.41) is 9.22. The monoisotopic (exact) mass is 545 g/mol. The highest BCUT2D eigenvalue weighted by Crippen LogP contribution is 2.34. The number of benzene rings is 1. The third-order valence-electron chi connectivity index (χ3n) is 2.73. The average Bonchev–Trinajstić information content (AvgIpc) is 2.72. The lowest BCUT2D eigenvalue weighted by Crippen LogP contribution is -2.34. The fraction of sp³-hybridized carbons (Fsp3) is 0.154. The lowest BCUT2D eigenvalue weighted by Gasteiger charge is -2.09. The molecule has 2 rings (SSSR count). The second kappa shape index (κ2) is 7.17. The zero-order valence-corrected chi connectivity index (χ0v) is 16.3. The van der Waals surface area contributed by atoms with Crippen LogP contribution in [0.2, 0.25) is 0 Å². The summed E-state index contributed by atoms with van der Waals surface area (Å²) in [5.74, 6) is -1.01. The van der Waals surface area contributed by atoms with Crippen LogP contribution in [-0.2, 0) is 14.3 Å². The van der Waals surface area contributed by atoms with Crippen LogP contribution in [0.5, 0.6) is 5.75 Å². The molecular formula is C13H9I2NO5S. The SMILES string of the molecule is COC(=O)CN1C(=O)S/C(=C\c2cc(I)c(O)c(I)c2)C1=O. The lowest BCUT2D eigenvalue weighted by molar-refractivity contribution is -0.143. The van der Waals surface area contributed by atoms with Gasteiger partial charge in [-0.15, -0.1) is 0 Å². The van der Waals surface area contributed by atoms with E-state index in [0.29, 0.717) is 12.7 Å². The molecule has 2 amide bonds. The highest BCUT2D eigenvalue weighted by molar-refractivity contribution is 14.1. The molecule has 1 aromatic carbocycles. The number of carbonyl (C=O) groups is 3.